The molecule has 14 heavy (non-hydrogen) atoms. The maximum Gasteiger partial charge on any atom is 0.347 e. The molecule has 0 unspecified atom stereocenters. The van der Waals surface area contributed by atoms with E-state index in [1.165, 1.54) is 4.57 Å². The van der Waals surface area contributed by atoms with Crippen LogP contribution in [0.1, 0.15) is 0 Å². The van der Waals surface area contributed by atoms with Crippen LogP contribution in [0.3, 0.4) is 0 Å². The Morgan fingerprint density at radius 2 is 1.86 bits per heavy atom. The normalized spacial score (nSPS) is 10.4. The number of benzene rings is 1. The van der Waals surface area contributed by atoms with Crippen LogP contribution in [-0.2, 0) is 0 Å². The number of H-pyrrole nitrogens is 2. The second-order valence-corrected chi connectivity index (χ2v) is 3.50. The molecule has 1 aromatic heterocycles. The fourth-order valence-corrected chi connectivity index (χ4v) is 1.50. The largest absolute Gasteiger partial charge is 0.347 e. The highest BCUT2D eigenvalue weighted by atomic mass is 35.5. The number of hydrogen-bond donors (Lipinski definition) is 2. The molecular formula is C8H6ClN3OS. The van der Waals surface area contributed by atoms with E-state index in [4.69, 9.17) is 23.8 Å². The van der Waals surface area contributed by atoms with Gasteiger partial charge in [0.15, 0.2) is 0 Å². The molecule has 72 valence electrons. The smallest absolute Gasteiger partial charge is 0.272 e. The molecule has 1 aromatic carbocycles. The van der Waals surface area contributed by atoms with Crippen LogP contribution in [0.15, 0.2) is 29.1 Å². The second-order valence-electron chi connectivity index (χ2n) is 2.67. The van der Waals surface area contributed by atoms with Crippen molar-refractivity contribution in [2.45, 2.75) is 0 Å². The van der Waals surface area contributed by atoms with Crippen LogP contribution in [0, 0.1) is 4.77 Å². The van der Waals surface area contributed by atoms with Crippen LogP contribution in [-0.4, -0.2) is 14.8 Å². The lowest BCUT2D eigenvalue weighted by atomic mass is 10.3. The number of aromatic amines is 2. The molecule has 4 nitrogen and oxygen atoms in total. The Morgan fingerprint density at radius 3 is 2.36 bits per heavy atom. The fraction of sp³-hybridized carbons (Fsp3) is 0. The van der Waals surface area contributed by atoms with Gasteiger partial charge in [-0.1, -0.05) is 11.6 Å². The van der Waals surface area contributed by atoms with Crippen molar-refractivity contribution in [1.82, 2.24) is 14.8 Å². The summed E-state index contributed by atoms with van der Waals surface area (Å²) < 4.78 is 1.68. The van der Waals surface area contributed by atoms with Crippen LogP contribution >= 0.6 is 23.8 Å². The fourth-order valence-electron chi connectivity index (χ4n) is 1.14. The third kappa shape index (κ3) is 1.51. The monoisotopic (exact) mass is 227 g/mol. The lowest BCUT2D eigenvalue weighted by molar-refractivity contribution is 0.975. The van der Waals surface area contributed by atoms with E-state index in [0.717, 1.165) is 0 Å². The van der Waals surface area contributed by atoms with Crippen molar-refractivity contribution in [3.05, 3.63) is 44.5 Å². The van der Waals surface area contributed by atoms with E-state index in [2.05, 4.69) is 10.2 Å². The molecule has 0 aliphatic carbocycles. The van der Waals surface area contributed by atoms with Crippen molar-refractivity contribution in [2.24, 2.45) is 0 Å². The van der Waals surface area contributed by atoms with Gasteiger partial charge in [-0.2, -0.15) is 0 Å². The highest BCUT2D eigenvalue weighted by Gasteiger charge is 2.02. The summed E-state index contributed by atoms with van der Waals surface area (Å²) >= 11 is 10.7. The molecule has 2 aromatic rings. The highest BCUT2D eigenvalue weighted by molar-refractivity contribution is 7.71. The summed E-state index contributed by atoms with van der Waals surface area (Å²) in [5, 5.41) is 5.57. The molecule has 2 N–H and O–H groups in total. The Bertz CT molecular complexity index is 523. The average molecular weight is 228 g/mol. The van der Waals surface area contributed by atoms with E-state index in [9.17, 15) is 4.79 Å². The van der Waals surface area contributed by atoms with E-state index in [-0.39, 0.29) is 5.69 Å². The van der Waals surface area contributed by atoms with Gasteiger partial charge >= 0.3 is 5.69 Å². The van der Waals surface area contributed by atoms with Crippen molar-refractivity contribution in [2.75, 3.05) is 0 Å². The summed E-state index contributed by atoms with van der Waals surface area (Å²) in [5.74, 6) is 0. The number of nitrogens with zero attached hydrogens (tertiary/aromatic N) is 1. The Morgan fingerprint density at radius 1 is 1.21 bits per heavy atom. The van der Waals surface area contributed by atoms with Gasteiger partial charge in [0.25, 0.3) is 0 Å². The first-order chi connectivity index (χ1) is 6.68. The third-order valence-electron chi connectivity index (χ3n) is 1.77. The molecule has 0 atom stereocenters. The number of nitrogens with one attached hydrogen (secondary N) is 2. The Labute approximate surface area is 89.1 Å². The number of halogens is 1. The van der Waals surface area contributed by atoms with Gasteiger partial charge in [0, 0.05) is 5.02 Å². The molecule has 6 heteroatoms. The zero-order chi connectivity index (χ0) is 10.1. The summed E-state index contributed by atoms with van der Waals surface area (Å²) in [6, 6.07) is 6.85. The molecule has 0 fully saturated rings. The van der Waals surface area contributed by atoms with Crippen molar-refractivity contribution < 1.29 is 0 Å². The van der Waals surface area contributed by atoms with E-state index in [1.54, 1.807) is 24.3 Å². The molecular weight excluding hydrogens is 222 g/mol. The molecule has 0 radical (unpaired) electrons. The van der Waals surface area contributed by atoms with Crippen molar-refractivity contribution >= 4 is 23.8 Å². The van der Waals surface area contributed by atoms with Crippen molar-refractivity contribution in [3.8, 4) is 5.69 Å². The van der Waals surface area contributed by atoms with Crippen LogP contribution in [0.5, 0.6) is 0 Å². The minimum absolute atomic E-state index is 0.294. The summed E-state index contributed by atoms with van der Waals surface area (Å²) in [6.45, 7) is 0. The highest BCUT2D eigenvalue weighted by Crippen LogP contribution is 2.11. The van der Waals surface area contributed by atoms with Gasteiger partial charge in [0.05, 0.1) is 5.69 Å². The zero-order valence-corrected chi connectivity index (χ0v) is 8.52. The number of rotatable bonds is 1. The quantitative estimate of drug-likeness (QED) is 0.731. The second kappa shape index (κ2) is 3.43. The zero-order valence-electron chi connectivity index (χ0n) is 6.95. The first-order valence-corrected chi connectivity index (χ1v) is 4.63. The molecule has 0 aliphatic rings. The first-order valence-electron chi connectivity index (χ1n) is 3.84. The molecule has 0 spiro atoms. The third-order valence-corrected chi connectivity index (χ3v) is 2.30. The van der Waals surface area contributed by atoms with E-state index in [0.29, 0.717) is 15.5 Å². The summed E-state index contributed by atoms with van der Waals surface area (Å²) in [7, 11) is 0. The lowest BCUT2D eigenvalue weighted by Gasteiger charge is -1.98. The molecule has 0 aliphatic heterocycles. The van der Waals surface area contributed by atoms with Gasteiger partial charge in [0.1, 0.15) is 0 Å². The van der Waals surface area contributed by atoms with Gasteiger partial charge in [-0.05, 0) is 36.5 Å². The summed E-state index contributed by atoms with van der Waals surface area (Å²) in [5.41, 5.74) is 0.388. The topological polar surface area (TPSA) is 53.6 Å². The molecule has 0 saturated carbocycles. The molecule has 1 heterocycles. The van der Waals surface area contributed by atoms with Crippen LogP contribution in [0.2, 0.25) is 5.02 Å². The lowest BCUT2D eigenvalue weighted by Crippen LogP contribution is -2.14. The Balaban J connectivity index is 2.66. The Kier molecular flexibility index (Phi) is 2.26. The van der Waals surface area contributed by atoms with E-state index >= 15 is 0 Å². The molecule has 0 bridgehead atoms. The number of aromatic nitrogens is 3. The van der Waals surface area contributed by atoms with Gasteiger partial charge in [-0.15, -0.1) is 0 Å². The summed E-state index contributed by atoms with van der Waals surface area (Å²) in [6.07, 6.45) is 0. The molecule has 2 rings (SSSR count). The predicted octanol–water partition coefficient (Wildman–Crippen LogP) is 1.88. The van der Waals surface area contributed by atoms with Gasteiger partial charge < -0.3 is 0 Å². The SMILES string of the molecule is O=c1[nH][nH]c(=S)n1-c1ccc(Cl)cc1. The van der Waals surface area contributed by atoms with Gasteiger partial charge in [0.2, 0.25) is 4.77 Å². The maximum atomic E-state index is 11.3. The maximum absolute atomic E-state index is 11.3. The first kappa shape index (κ1) is 9.23. The van der Waals surface area contributed by atoms with Crippen LogP contribution in [0.4, 0.5) is 0 Å². The minimum Gasteiger partial charge on any atom is -0.272 e. The predicted molar refractivity (Wildman–Crippen MR) is 56.6 cm³/mol. The Hall–Kier alpha value is -1.33. The minimum atomic E-state index is -0.294. The van der Waals surface area contributed by atoms with Gasteiger partial charge in [-0.3, -0.25) is 5.10 Å². The number of hydrogen-bond acceptors (Lipinski definition) is 2. The summed E-state index contributed by atoms with van der Waals surface area (Å²) in [4.78, 5) is 11.3. The standard InChI is InChI=1S/C8H6ClN3OS/c9-5-1-3-6(4-2-5)12-7(13)10-11-8(12)14/h1-4H,(H,10,13)(H,11,14). The molecule has 0 amide bonds. The van der Waals surface area contributed by atoms with Crippen molar-refractivity contribution in [1.29, 1.82) is 0 Å². The van der Waals surface area contributed by atoms with Crippen LogP contribution < -0.4 is 5.69 Å². The van der Waals surface area contributed by atoms with Crippen molar-refractivity contribution in [3.63, 3.8) is 0 Å². The van der Waals surface area contributed by atoms with Crippen LogP contribution in [0.25, 0.3) is 5.69 Å². The average Bonchev–Trinajstić information content (AvgIpc) is 2.49. The van der Waals surface area contributed by atoms with E-state index < -0.39 is 0 Å². The van der Waals surface area contributed by atoms with E-state index in [1.807, 2.05) is 0 Å². The van der Waals surface area contributed by atoms with Gasteiger partial charge in [-0.25, -0.2) is 14.5 Å². The molecule has 0 saturated heterocycles.